The Morgan fingerprint density at radius 1 is 1.33 bits per heavy atom. The quantitative estimate of drug-likeness (QED) is 0.794. The molecular formula is C16H22N2O3. The Bertz CT molecular complexity index is 499. The van der Waals surface area contributed by atoms with Crippen LogP contribution in [-0.4, -0.2) is 48.9 Å². The Morgan fingerprint density at radius 2 is 2.05 bits per heavy atom. The summed E-state index contributed by atoms with van der Waals surface area (Å²) in [5.41, 5.74) is 7.26. The highest BCUT2D eigenvalue weighted by atomic mass is 16.5. The summed E-state index contributed by atoms with van der Waals surface area (Å²) in [6.45, 7) is 3.66. The maximum Gasteiger partial charge on any atom is 0.237 e. The van der Waals surface area contributed by atoms with Crippen LogP contribution in [0.25, 0.3) is 0 Å². The van der Waals surface area contributed by atoms with Gasteiger partial charge in [0.2, 0.25) is 5.91 Å². The first-order valence-corrected chi connectivity index (χ1v) is 7.35. The van der Waals surface area contributed by atoms with E-state index in [1.54, 1.807) is 4.90 Å². The number of ketones is 1. The van der Waals surface area contributed by atoms with Crippen LogP contribution in [0.5, 0.6) is 0 Å². The maximum absolute atomic E-state index is 12.3. The molecule has 1 saturated heterocycles. The number of nitrogens with two attached hydrogens (primary N) is 1. The number of aryl methyl sites for hydroxylation is 1. The molecule has 0 saturated carbocycles. The zero-order valence-electron chi connectivity index (χ0n) is 12.4. The number of rotatable bonds is 6. The van der Waals surface area contributed by atoms with Crippen molar-refractivity contribution in [3.8, 4) is 0 Å². The van der Waals surface area contributed by atoms with E-state index in [0.717, 1.165) is 12.8 Å². The van der Waals surface area contributed by atoms with Gasteiger partial charge in [-0.2, -0.15) is 0 Å². The van der Waals surface area contributed by atoms with Crippen molar-refractivity contribution in [2.45, 2.75) is 25.8 Å². The highest BCUT2D eigenvalue weighted by molar-refractivity contribution is 5.98. The first kappa shape index (κ1) is 15.7. The molecule has 1 amide bonds. The van der Waals surface area contributed by atoms with Gasteiger partial charge in [-0.25, -0.2) is 0 Å². The van der Waals surface area contributed by atoms with E-state index in [2.05, 4.69) is 6.92 Å². The summed E-state index contributed by atoms with van der Waals surface area (Å²) >= 11 is 0. The molecular weight excluding hydrogens is 268 g/mol. The molecule has 1 aromatic carbocycles. The van der Waals surface area contributed by atoms with Crippen molar-refractivity contribution >= 4 is 11.7 Å². The van der Waals surface area contributed by atoms with Crippen molar-refractivity contribution < 1.29 is 14.3 Å². The lowest BCUT2D eigenvalue weighted by molar-refractivity contribution is -0.128. The number of amides is 1. The highest BCUT2D eigenvalue weighted by Crippen LogP contribution is 2.11. The van der Waals surface area contributed by atoms with Gasteiger partial charge in [0.05, 0.1) is 19.8 Å². The van der Waals surface area contributed by atoms with Gasteiger partial charge in [0.15, 0.2) is 5.78 Å². The van der Waals surface area contributed by atoms with Gasteiger partial charge >= 0.3 is 0 Å². The third kappa shape index (κ3) is 4.12. The minimum atomic E-state index is -0.512. The van der Waals surface area contributed by atoms with Crippen LogP contribution in [0, 0.1) is 0 Å². The number of hydrogen-bond acceptors (Lipinski definition) is 4. The zero-order valence-corrected chi connectivity index (χ0v) is 12.4. The number of morpholine rings is 1. The number of carbonyl (C=O) groups is 2. The summed E-state index contributed by atoms with van der Waals surface area (Å²) in [6.07, 6.45) is 2.10. The van der Waals surface area contributed by atoms with Gasteiger partial charge in [-0.05, 0) is 12.0 Å². The van der Waals surface area contributed by atoms with Crippen molar-refractivity contribution in [1.82, 2.24) is 4.90 Å². The van der Waals surface area contributed by atoms with Crippen molar-refractivity contribution in [2.75, 3.05) is 26.3 Å². The largest absolute Gasteiger partial charge is 0.378 e. The molecule has 1 atom stereocenters. The van der Waals surface area contributed by atoms with Crippen LogP contribution in [0.4, 0.5) is 0 Å². The molecule has 0 bridgehead atoms. The molecule has 21 heavy (non-hydrogen) atoms. The van der Waals surface area contributed by atoms with Crippen molar-refractivity contribution in [3.63, 3.8) is 0 Å². The van der Waals surface area contributed by atoms with Gasteiger partial charge < -0.3 is 10.5 Å². The molecule has 114 valence electrons. The Morgan fingerprint density at radius 3 is 2.67 bits per heavy atom. The monoisotopic (exact) mass is 290 g/mol. The molecule has 1 unspecified atom stereocenters. The van der Waals surface area contributed by atoms with Crippen LogP contribution in [0.2, 0.25) is 0 Å². The predicted octanol–water partition coefficient (Wildman–Crippen LogP) is 1.01. The second-order valence-corrected chi connectivity index (χ2v) is 5.33. The highest BCUT2D eigenvalue weighted by Gasteiger charge is 2.29. The van der Waals surface area contributed by atoms with E-state index >= 15 is 0 Å². The molecule has 0 radical (unpaired) electrons. The third-order valence-electron chi connectivity index (χ3n) is 3.73. The Balaban J connectivity index is 2.00. The lowest BCUT2D eigenvalue weighted by Crippen LogP contribution is -2.53. The van der Waals surface area contributed by atoms with Gasteiger partial charge in [-0.3, -0.25) is 14.5 Å². The normalized spacial score (nSPS) is 19.4. The fourth-order valence-corrected chi connectivity index (χ4v) is 2.51. The van der Waals surface area contributed by atoms with E-state index in [1.807, 2.05) is 24.3 Å². The fraction of sp³-hybridized carbons (Fsp3) is 0.500. The molecule has 1 aliphatic rings. The molecule has 0 aromatic heterocycles. The smallest absolute Gasteiger partial charge is 0.237 e. The van der Waals surface area contributed by atoms with Gasteiger partial charge in [0.1, 0.15) is 6.04 Å². The molecule has 2 rings (SSSR count). The molecule has 1 aromatic rings. The summed E-state index contributed by atoms with van der Waals surface area (Å²) in [5.74, 6) is -0.438. The number of nitrogens with zero attached hydrogens (tertiary/aromatic N) is 1. The molecule has 1 fully saturated rings. The SMILES string of the molecule is CCCc1ccc(C(=O)CN2CCOCC2C(N)=O)cc1. The Kier molecular flexibility index (Phi) is 5.47. The van der Waals surface area contributed by atoms with E-state index in [0.29, 0.717) is 18.7 Å². The van der Waals surface area contributed by atoms with E-state index in [9.17, 15) is 9.59 Å². The minimum absolute atomic E-state index is 0.00574. The first-order valence-electron chi connectivity index (χ1n) is 7.35. The summed E-state index contributed by atoms with van der Waals surface area (Å²) in [7, 11) is 0. The Labute approximate surface area is 125 Å². The van der Waals surface area contributed by atoms with Crippen LogP contribution < -0.4 is 5.73 Å². The zero-order chi connectivity index (χ0) is 15.2. The molecule has 1 aliphatic heterocycles. The lowest BCUT2D eigenvalue weighted by atomic mass is 10.0. The molecule has 0 spiro atoms. The summed E-state index contributed by atoms with van der Waals surface area (Å²) in [6, 6.07) is 7.17. The molecule has 5 nitrogen and oxygen atoms in total. The number of benzene rings is 1. The second kappa shape index (κ2) is 7.33. The van der Waals surface area contributed by atoms with Crippen LogP contribution >= 0.6 is 0 Å². The molecule has 2 N–H and O–H groups in total. The summed E-state index contributed by atoms with van der Waals surface area (Å²) in [5, 5.41) is 0. The number of ether oxygens (including phenoxy) is 1. The average molecular weight is 290 g/mol. The first-order chi connectivity index (χ1) is 10.1. The van der Waals surface area contributed by atoms with E-state index in [1.165, 1.54) is 5.56 Å². The second-order valence-electron chi connectivity index (χ2n) is 5.33. The molecule has 5 heteroatoms. The van der Waals surface area contributed by atoms with Gasteiger partial charge in [0.25, 0.3) is 0 Å². The predicted molar refractivity (Wildman–Crippen MR) is 80.1 cm³/mol. The maximum atomic E-state index is 12.3. The third-order valence-corrected chi connectivity index (χ3v) is 3.73. The van der Waals surface area contributed by atoms with Crippen LogP contribution in [-0.2, 0) is 16.0 Å². The fourth-order valence-electron chi connectivity index (χ4n) is 2.51. The van der Waals surface area contributed by atoms with Crippen molar-refractivity contribution in [3.05, 3.63) is 35.4 Å². The van der Waals surface area contributed by atoms with Gasteiger partial charge in [-0.1, -0.05) is 37.6 Å². The molecule has 0 aliphatic carbocycles. The Hall–Kier alpha value is -1.72. The summed E-state index contributed by atoms with van der Waals surface area (Å²) < 4.78 is 5.25. The van der Waals surface area contributed by atoms with Crippen LogP contribution in [0.3, 0.4) is 0 Å². The topological polar surface area (TPSA) is 72.6 Å². The number of Topliss-reactive ketones (excluding diaryl/α,β-unsaturated/α-hetero) is 1. The van der Waals surface area contributed by atoms with Crippen LogP contribution in [0.15, 0.2) is 24.3 Å². The lowest BCUT2D eigenvalue weighted by Gasteiger charge is -2.32. The van der Waals surface area contributed by atoms with Gasteiger partial charge in [-0.15, -0.1) is 0 Å². The van der Waals surface area contributed by atoms with E-state index < -0.39 is 11.9 Å². The van der Waals surface area contributed by atoms with E-state index in [-0.39, 0.29) is 18.9 Å². The van der Waals surface area contributed by atoms with Crippen molar-refractivity contribution in [2.24, 2.45) is 5.73 Å². The van der Waals surface area contributed by atoms with Crippen molar-refractivity contribution in [1.29, 1.82) is 0 Å². The number of hydrogen-bond donors (Lipinski definition) is 1. The number of carbonyl (C=O) groups excluding carboxylic acids is 2. The average Bonchev–Trinajstić information content (AvgIpc) is 2.48. The van der Waals surface area contributed by atoms with Gasteiger partial charge in [0, 0.05) is 12.1 Å². The summed E-state index contributed by atoms with van der Waals surface area (Å²) in [4.78, 5) is 25.5. The van der Waals surface area contributed by atoms with Crippen LogP contribution in [0.1, 0.15) is 29.3 Å². The number of primary amides is 1. The minimum Gasteiger partial charge on any atom is -0.378 e. The molecule has 1 heterocycles. The van der Waals surface area contributed by atoms with E-state index in [4.69, 9.17) is 10.5 Å². The standard InChI is InChI=1S/C16H22N2O3/c1-2-3-12-4-6-13(7-5-12)15(19)10-18-8-9-21-11-14(18)16(17)20/h4-7,14H,2-3,8-11H2,1H3,(H2,17,20).